The Morgan fingerprint density at radius 1 is 0.941 bits per heavy atom. The first-order valence-corrected chi connectivity index (χ1v) is 12.4. The van der Waals surface area contributed by atoms with E-state index in [1.807, 2.05) is 37.3 Å². The molecule has 3 rings (SSSR count). The quantitative estimate of drug-likeness (QED) is 0.486. The van der Waals surface area contributed by atoms with Gasteiger partial charge in [0.1, 0.15) is 12.3 Å². The predicted molar refractivity (Wildman–Crippen MR) is 133 cm³/mol. The van der Waals surface area contributed by atoms with Crippen molar-refractivity contribution in [2.24, 2.45) is 0 Å². The average molecular weight is 482 g/mol. The molecule has 34 heavy (non-hydrogen) atoms. The number of carbonyl (C=O) groups excluding carboxylic acids is 2. The lowest BCUT2D eigenvalue weighted by Gasteiger charge is -2.22. The van der Waals surface area contributed by atoms with Crippen LogP contribution >= 0.6 is 0 Å². The lowest BCUT2D eigenvalue weighted by Crippen LogP contribution is -2.37. The Balaban J connectivity index is 1.75. The number of anilines is 2. The molecule has 0 heterocycles. The molecule has 0 spiro atoms. The van der Waals surface area contributed by atoms with Gasteiger partial charge in [-0.3, -0.25) is 13.9 Å². The number of methoxy groups -OCH3 is 1. The lowest BCUT2D eigenvalue weighted by atomic mass is 10.1. The van der Waals surface area contributed by atoms with Crippen LogP contribution in [0.5, 0.6) is 5.75 Å². The lowest BCUT2D eigenvalue weighted by molar-refractivity contribution is -0.114. The first-order chi connectivity index (χ1) is 16.2. The molecule has 0 aliphatic carbocycles. The summed E-state index contributed by atoms with van der Waals surface area (Å²) in [5.41, 5.74) is 1.82. The smallest absolute Gasteiger partial charge is 0.253 e. The highest BCUT2D eigenvalue weighted by atomic mass is 32.2. The number of nitrogens with zero attached hydrogens (tertiary/aromatic N) is 1. The van der Waals surface area contributed by atoms with Gasteiger partial charge in [-0.2, -0.15) is 0 Å². The first kappa shape index (κ1) is 24.8. The summed E-state index contributed by atoms with van der Waals surface area (Å²) >= 11 is 0. The first-order valence-electron chi connectivity index (χ1n) is 10.6. The number of hydrogen-bond acceptors (Lipinski definition) is 5. The summed E-state index contributed by atoms with van der Waals surface area (Å²) in [5, 5.41) is 5.59. The number of benzene rings is 3. The summed E-state index contributed by atoms with van der Waals surface area (Å²) in [6.07, 6.45) is 1.02. The van der Waals surface area contributed by atoms with Crippen LogP contribution in [0.1, 0.15) is 28.9 Å². The second-order valence-corrected chi connectivity index (χ2v) is 9.57. The van der Waals surface area contributed by atoms with Crippen molar-refractivity contribution in [2.45, 2.75) is 13.0 Å². The van der Waals surface area contributed by atoms with Crippen molar-refractivity contribution in [3.63, 3.8) is 0 Å². The molecular weight excluding hydrogens is 454 g/mol. The number of nitrogens with one attached hydrogen (secondary N) is 2. The maximum atomic E-state index is 12.9. The molecule has 0 unspecified atom stereocenters. The number of amides is 2. The maximum Gasteiger partial charge on any atom is 0.253 e. The summed E-state index contributed by atoms with van der Waals surface area (Å²) < 4.78 is 30.8. The zero-order chi connectivity index (χ0) is 24.7. The molecule has 8 nitrogen and oxygen atoms in total. The molecule has 0 radical (unpaired) electrons. The van der Waals surface area contributed by atoms with Gasteiger partial charge in [0.05, 0.1) is 36.3 Å². The van der Waals surface area contributed by atoms with Crippen LogP contribution < -0.4 is 19.7 Å². The van der Waals surface area contributed by atoms with Crippen LogP contribution in [0.3, 0.4) is 0 Å². The van der Waals surface area contributed by atoms with E-state index in [-0.39, 0.29) is 23.2 Å². The highest BCUT2D eigenvalue weighted by Gasteiger charge is 2.22. The van der Waals surface area contributed by atoms with Crippen molar-refractivity contribution in [3.05, 3.63) is 90.0 Å². The molecule has 178 valence electrons. The molecule has 0 fully saturated rings. The van der Waals surface area contributed by atoms with Crippen LogP contribution in [0.25, 0.3) is 0 Å². The highest BCUT2D eigenvalue weighted by molar-refractivity contribution is 7.92. The van der Waals surface area contributed by atoms with Gasteiger partial charge >= 0.3 is 0 Å². The van der Waals surface area contributed by atoms with Crippen LogP contribution in [-0.2, 0) is 14.8 Å². The molecule has 2 N–H and O–H groups in total. The largest absolute Gasteiger partial charge is 0.497 e. The van der Waals surface area contributed by atoms with E-state index in [1.165, 1.54) is 7.11 Å². The van der Waals surface area contributed by atoms with E-state index in [1.54, 1.807) is 48.5 Å². The Hall–Kier alpha value is -3.85. The van der Waals surface area contributed by atoms with E-state index in [4.69, 9.17) is 4.74 Å². The number of para-hydroxylation sites is 1. The standard InChI is InChI=1S/C25H27N3O5S/c1-18(19-9-5-4-6-10-19)26-25(30)22-11-7-8-12-23(22)27-24(29)17-28(34(3,31)32)20-13-15-21(33-2)16-14-20/h4-16,18H,17H2,1-3H3,(H,26,30)(H,27,29)/t18-/m0/s1. The van der Waals surface area contributed by atoms with Gasteiger partial charge in [0, 0.05) is 0 Å². The number of carbonyl (C=O) groups is 2. The van der Waals surface area contributed by atoms with E-state index < -0.39 is 22.5 Å². The SMILES string of the molecule is COc1ccc(N(CC(=O)Nc2ccccc2C(=O)N[C@@H](C)c2ccccc2)S(C)(=O)=O)cc1. The summed E-state index contributed by atoms with van der Waals surface area (Å²) in [4.78, 5) is 25.7. The predicted octanol–water partition coefficient (Wildman–Crippen LogP) is 3.59. The molecule has 2 amide bonds. The average Bonchev–Trinajstić information content (AvgIpc) is 2.82. The zero-order valence-corrected chi connectivity index (χ0v) is 20.0. The number of hydrogen-bond donors (Lipinski definition) is 2. The molecule has 1 atom stereocenters. The minimum absolute atomic E-state index is 0.242. The number of rotatable bonds is 9. The Morgan fingerprint density at radius 3 is 2.18 bits per heavy atom. The van der Waals surface area contributed by atoms with Crippen LogP contribution in [0.15, 0.2) is 78.9 Å². The van der Waals surface area contributed by atoms with E-state index in [9.17, 15) is 18.0 Å². The van der Waals surface area contributed by atoms with Crippen LogP contribution in [-0.4, -0.2) is 40.1 Å². The minimum Gasteiger partial charge on any atom is -0.497 e. The van der Waals surface area contributed by atoms with Crippen molar-refractivity contribution in [1.82, 2.24) is 5.32 Å². The summed E-state index contributed by atoms with van der Waals surface area (Å²) in [7, 11) is -2.24. The minimum atomic E-state index is -3.75. The van der Waals surface area contributed by atoms with E-state index in [0.29, 0.717) is 11.4 Å². The van der Waals surface area contributed by atoms with Gasteiger partial charge in [-0.25, -0.2) is 8.42 Å². The topological polar surface area (TPSA) is 105 Å². The summed E-state index contributed by atoms with van der Waals surface area (Å²) in [6, 6.07) is 22.2. The molecule has 0 saturated heterocycles. The zero-order valence-electron chi connectivity index (χ0n) is 19.2. The second kappa shape index (κ2) is 10.8. The van der Waals surface area contributed by atoms with Crippen molar-refractivity contribution < 1.29 is 22.7 Å². The monoisotopic (exact) mass is 481 g/mol. The maximum absolute atomic E-state index is 12.9. The molecule has 3 aromatic rings. The van der Waals surface area contributed by atoms with E-state index in [0.717, 1.165) is 16.1 Å². The normalized spacial score (nSPS) is 11.9. The van der Waals surface area contributed by atoms with Gasteiger partial charge < -0.3 is 15.4 Å². The van der Waals surface area contributed by atoms with Crippen molar-refractivity contribution in [1.29, 1.82) is 0 Å². The third-order valence-electron chi connectivity index (χ3n) is 5.14. The molecule has 0 saturated carbocycles. The van der Waals surface area contributed by atoms with Crippen LogP contribution in [0, 0.1) is 0 Å². The fourth-order valence-electron chi connectivity index (χ4n) is 3.36. The van der Waals surface area contributed by atoms with Gasteiger partial charge in [-0.1, -0.05) is 42.5 Å². The molecule has 0 aliphatic rings. The fourth-order valence-corrected chi connectivity index (χ4v) is 4.21. The van der Waals surface area contributed by atoms with Gasteiger partial charge in [0.2, 0.25) is 15.9 Å². The highest BCUT2D eigenvalue weighted by Crippen LogP contribution is 2.22. The Morgan fingerprint density at radius 2 is 1.56 bits per heavy atom. The molecule has 0 aromatic heterocycles. The number of ether oxygens (including phenoxy) is 1. The Kier molecular flexibility index (Phi) is 7.91. The van der Waals surface area contributed by atoms with Gasteiger partial charge in [-0.05, 0) is 48.9 Å². The van der Waals surface area contributed by atoms with Crippen LogP contribution in [0.2, 0.25) is 0 Å². The summed E-state index contributed by atoms with van der Waals surface area (Å²) in [5.74, 6) is -0.383. The second-order valence-electron chi connectivity index (χ2n) is 7.67. The van der Waals surface area contributed by atoms with E-state index in [2.05, 4.69) is 10.6 Å². The van der Waals surface area contributed by atoms with Gasteiger partial charge in [0.15, 0.2) is 0 Å². The molecule has 9 heteroatoms. The Bertz CT molecular complexity index is 1250. The van der Waals surface area contributed by atoms with Crippen molar-refractivity contribution >= 4 is 33.2 Å². The molecule has 0 bridgehead atoms. The number of sulfonamides is 1. The van der Waals surface area contributed by atoms with Crippen molar-refractivity contribution in [3.8, 4) is 5.75 Å². The molecular formula is C25H27N3O5S. The van der Waals surface area contributed by atoms with Gasteiger partial charge in [-0.15, -0.1) is 0 Å². The van der Waals surface area contributed by atoms with Crippen molar-refractivity contribution in [2.75, 3.05) is 29.5 Å². The fraction of sp³-hybridized carbons (Fsp3) is 0.200. The summed E-state index contributed by atoms with van der Waals surface area (Å²) in [6.45, 7) is 1.41. The Labute approximate surface area is 199 Å². The van der Waals surface area contributed by atoms with Gasteiger partial charge in [0.25, 0.3) is 5.91 Å². The molecule has 0 aliphatic heterocycles. The third-order valence-corrected chi connectivity index (χ3v) is 6.28. The van der Waals surface area contributed by atoms with Crippen LogP contribution in [0.4, 0.5) is 11.4 Å². The van der Waals surface area contributed by atoms with E-state index >= 15 is 0 Å². The molecule has 3 aromatic carbocycles. The third kappa shape index (κ3) is 6.35.